The van der Waals surface area contributed by atoms with E-state index in [4.69, 9.17) is 47.7 Å². The number of methoxy groups -OCH3 is 2. The zero-order chi connectivity index (χ0) is 39.0. The summed E-state index contributed by atoms with van der Waals surface area (Å²) < 4.78 is 29.9. The van der Waals surface area contributed by atoms with Gasteiger partial charge in [0.15, 0.2) is 0 Å². The molecule has 0 aliphatic carbocycles. The molecule has 3 aromatic carbocycles. The topological polar surface area (TPSA) is 62.5 Å². The van der Waals surface area contributed by atoms with Crippen LogP contribution >= 0.6 is 33.0 Å². The Kier molecular flexibility index (Phi) is 22.1. The Bertz CT molecular complexity index is 1510. The molecule has 1 N–H and O–H groups in total. The van der Waals surface area contributed by atoms with Gasteiger partial charge in [-0.1, -0.05) is 110 Å². The second-order valence-electron chi connectivity index (χ2n) is 13.9. The van der Waals surface area contributed by atoms with Crippen molar-refractivity contribution in [1.82, 2.24) is 5.09 Å². The standard InChI is InChI=1S/C44H62N2O5PS2/c1-35(2)45-31-18-34-51-52(46-36(3)4)50-33-17-10-8-15-22-43(54)42(53)21-14-7-9-16-32-49-44(37-19-12-11-13-20-37,38-23-27-40(47-5)28-24-38)39-25-29-41(48-6)30-26-39/h11-13,19-20,23-30,35-36,46H,7-10,14-18,21-22,32-34H2,1-6H3/q+1. The van der Waals surface area contributed by atoms with Gasteiger partial charge in [-0.3, -0.25) is 0 Å². The van der Waals surface area contributed by atoms with Crippen LogP contribution in [-0.2, 0) is 19.4 Å². The van der Waals surface area contributed by atoms with Crippen LogP contribution in [0.15, 0.2) is 78.9 Å². The quantitative estimate of drug-likeness (QED) is 0.0354. The predicted molar refractivity (Wildman–Crippen MR) is 234 cm³/mol. The van der Waals surface area contributed by atoms with Crippen molar-refractivity contribution in [1.29, 1.82) is 0 Å². The van der Waals surface area contributed by atoms with Crippen LogP contribution in [0.1, 0.15) is 115 Å². The molecule has 0 saturated carbocycles. The van der Waals surface area contributed by atoms with Crippen molar-refractivity contribution < 1.29 is 23.3 Å². The van der Waals surface area contributed by atoms with Gasteiger partial charge < -0.3 is 23.3 Å². The van der Waals surface area contributed by atoms with Gasteiger partial charge in [-0.25, -0.2) is 5.09 Å². The fraction of sp³-hybridized carbons (Fsp3) is 0.523. The maximum absolute atomic E-state index is 6.99. The van der Waals surface area contributed by atoms with Crippen LogP contribution in [0.25, 0.3) is 4.85 Å². The molecule has 54 heavy (non-hydrogen) atoms. The number of hydrogen-bond donors (Lipinski definition) is 1. The van der Waals surface area contributed by atoms with Crippen LogP contribution in [0, 0.1) is 6.07 Å². The largest absolute Gasteiger partial charge is 0.497 e. The molecular formula is C44H62N2O5PS2+. The van der Waals surface area contributed by atoms with Crippen molar-refractivity contribution in [2.45, 2.75) is 116 Å². The average molecular weight is 794 g/mol. The number of nitrogens with one attached hydrogen (secondary N) is 1. The van der Waals surface area contributed by atoms with Crippen LogP contribution in [-0.4, -0.2) is 55.9 Å². The molecule has 0 radical (unpaired) electrons. The van der Waals surface area contributed by atoms with E-state index in [0.29, 0.717) is 32.3 Å². The van der Waals surface area contributed by atoms with E-state index in [9.17, 15) is 0 Å². The Hall–Kier alpha value is -2.80. The highest BCUT2D eigenvalue weighted by Gasteiger charge is 2.37. The van der Waals surface area contributed by atoms with Crippen molar-refractivity contribution in [3.8, 4) is 17.6 Å². The van der Waals surface area contributed by atoms with E-state index in [1.54, 1.807) is 14.2 Å². The van der Waals surface area contributed by atoms with Gasteiger partial charge in [0.25, 0.3) is 20.6 Å². The average Bonchev–Trinajstić information content (AvgIpc) is 3.18. The van der Waals surface area contributed by atoms with Crippen molar-refractivity contribution in [2.24, 2.45) is 0 Å². The number of rotatable bonds is 27. The monoisotopic (exact) mass is 793 g/mol. The van der Waals surface area contributed by atoms with Crippen LogP contribution in [0.2, 0.25) is 0 Å². The Morgan fingerprint density at radius 3 is 1.63 bits per heavy atom. The Morgan fingerprint density at radius 1 is 0.648 bits per heavy atom. The van der Waals surface area contributed by atoms with Gasteiger partial charge in [0.05, 0.1) is 27.4 Å². The number of thiocarbonyl (C=S) groups is 2. The van der Waals surface area contributed by atoms with Crippen molar-refractivity contribution >= 4 is 42.7 Å². The first kappa shape index (κ1) is 45.6. The molecule has 0 amide bonds. The summed E-state index contributed by atoms with van der Waals surface area (Å²) in [6.07, 6.45) is 10.8. The molecule has 0 heterocycles. The third-order valence-electron chi connectivity index (χ3n) is 8.74. The zero-order valence-electron chi connectivity index (χ0n) is 33.3. The summed E-state index contributed by atoms with van der Waals surface area (Å²) >= 11 is 11.5. The van der Waals surface area contributed by atoms with Crippen molar-refractivity contribution in [2.75, 3.05) is 34.0 Å². The van der Waals surface area contributed by atoms with E-state index in [2.05, 4.69) is 78.4 Å². The second kappa shape index (κ2) is 26.1. The van der Waals surface area contributed by atoms with Crippen LogP contribution in [0.5, 0.6) is 11.5 Å². The lowest BCUT2D eigenvalue weighted by molar-refractivity contribution is 0.0106. The Labute approximate surface area is 337 Å². The minimum atomic E-state index is -1.11. The molecule has 3 aromatic rings. The van der Waals surface area contributed by atoms with Gasteiger partial charge in [0.2, 0.25) is 0 Å². The molecule has 0 saturated heterocycles. The number of unbranched alkanes of at least 4 members (excludes halogenated alkanes) is 6. The lowest BCUT2D eigenvalue weighted by Crippen LogP contribution is -2.33. The normalized spacial score (nSPS) is 12.0. The first-order valence-corrected chi connectivity index (χ1v) is 21.5. The summed E-state index contributed by atoms with van der Waals surface area (Å²) in [5, 5.41) is 3.39. The number of hydrogen-bond acceptors (Lipinski definition) is 8. The third kappa shape index (κ3) is 16.1. The summed E-state index contributed by atoms with van der Waals surface area (Å²) in [6.45, 7) is 10.1. The molecule has 294 valence electrons. The molecule has 10 heteroatoms. The van der Waals surface area contributed by atoms with E-state index in [-0.39, 0.29) is 6.04 Å². The SMILES string of the molecule is COc1ccc(C(OCCCCCCC(=S)C(=S)CCCCCCOP(NC(C)C)OCCC#[N+]C(C)C)(c2ccccc2)c2ccc(OC)cc2)cc1. The van der Waals surface area contributed by atoms with Crippen LogP contribution in [0.3, 0.4) is 0 Å². The molecule has 0 bridgehead atoms. The minimum Gasteiger partial charge on any atom is -0.497 e. The molecule has 0 aliphatic heterocycles. The lowest BCUT2D eigenvalue weighted by Gasteiger charge is -2.36. The lowest BCUT2D eigenvalue weighted by atomic mass is 9.80. The number of nitrogens with zero attached hydrogens (tertiary/aromatic N) is 1. The van der Waals surface area contributed by atoms with Crippen LogP contribution < -0.4 is 14.6 Å². The maximum atomic E-state index is 6.99. The summed E-state index contributed by atoms with van der Waals surface area (Å²) in [5.41, 5.74) is 2.38. The first-order valence-electron chi connectivity index (χ1n) is 19.5. The fourth-order valence-corrected chi connectivity index (χ4v) is 7.64. The Morgan fingerprint density at radius 2 is 1.13 bits per heavy atom. The van der Waals surface area contributed by atoms with Gasteiger partial charge in [0, 0.05) is 36.2 Å². The van der Waals surface area contributed by atoms with E-state index in [1.807, 2.05) is 44.2 Å². The highest BCUT2D eigenvalue weighted by molar-refractivity contribution is 7.89. The Balaban J connectivity index is 1.39. The van der Waals surface area contributed by atoms with Crippen molar-refractivity contribution in [3.05, 3.63) is 100 Å². The summed E-state index contributed by atoms with van der Waals surface area (Å²) in [5.74, 6) is 1.62. The zero-order valence-corrected chi connectivity index (χ0v) is 35.8. The third-order valence-corrected chi connectivity index (χ3v) is 11.3. The van der Waals surface area contributed by atoms with Gasteiger partial charge >= 0.3 is 0 Å². The molecule has 0 aliphatic rings. The van der Waals surface area contributed by atoms with Gasteiger partial charge in [-0.15, -0.1) is 0 Å². The molecular weight excluding hydrogens is 732 g/mol. The van der Waals surface area contributed by atoms with E-state index < -0.39 is 14.1 Å². The van der Waals surface area contributed by atoms with Crippen LogP contribution in [0.4, 0.5) is 0 Å². The van der Waals surface area contributed by atoms with Gasteiger partial charge in [-0.05, 0) is 93.3 Å². The number of ether oxygens (including phenoxy) is 3. The van der Waals surface area contributed by atoms with E-state index in [0.717, 1.165) is 102 Å². The molecule has 3 rings (SSSR count). The fourth-order valence-electron chi connectivity index (χ4n) is 5.95. The molecule has 1 unspecified atom stereocenters. The molecule has 7 nitrogen and oxygen atoms in total. The smallest absolute Gasteiger partial charge is 0.275 e. The summed E-state index contributed by atoms with van der Waals surface area (Å²) in [7, 11) is 2.26. The molecule has 0 aromatic heterocycles. The summed E-state index contributed by atoms with van der Waals surface area (Å²) in [4.78, 5) is 6.17. The first-order chi connectivity index (χ1) is 26.2. The van der Waals surface area contributed by atoms with Gasteiger partial charge in [0.1, 0.15) is 23.5 Å². The predicted octanol–water partition coefficient (Wildman–Crippen LogP) is 12.0. The highest BCUT2D eigenvalue weighted by Crippen LogP contribution is 2.42. The number of benzene rings is 3. The van der Waals surface area contributed by atoms with E-state index in [1.165, 1.54) is 0 Å². The maximum Gasteiger partial charge on any atom is 0.275 e. The van der Waals surface area contributed by atoms with Crippen molar-refractivity contribution in [3.63, 3.8) is 0 Å². The van der Waals surface area contributed by atoms with E-state index >= 15 is 0 Å². The minimum absolute atomic E-state index is 0.260. The molecule has 0 spiro atoms. The van der Waals surface area contributed by atoms with Gasteiger partial charge in [-0.2, -0.15) is 0 Å². The molecule has 0 fully saturated rings. The highest BCUT2D eigenvalue weighted by atomic mass is 32.1. The second-order valence-corrected chi connectivity index (χ2v) is 16.1. The summed E-state index contributed by atoms with van der Waals surface area (Å²) in [6, 6.07) is 30.4. The molecule has 1 atom stereocenters.